The van der Waals surface area contributed by atoms with Crippen molar-refractivity contribution < 1.29 is 4.79 Å². The molecule has 2 aromatic rings. The second-order valence-corrected chi connectivity index (χ2v) is 6.81. The monoisotopic (exact) mass is 309 g/mol. The summed E-state index contributed by atoms with van der Waals surface area (Å²) in [4.78, 5) is 13.4. The number of rotatable bonds is 5. The number of nitrogens with two attached hydrogens (primary N) is 1. The minimum Gasteiger partial charge on any atom is -0.397 e. The Kier molecular flexibility index (Phi) is 3.72. The number of nitrogen functional groups attached to an aromatic ring is 1. The highest BCUT2D eigenvalue weighted by atomic mass is 35.5. The lowest BCUT2D eigenvalue weighted by molar-refractivity contribution is 0.0944. The number of carbonyl (C=O) groups is 1. The molecule has 0 bridgehead atoms. The molecule has 1 aliphatic rings. The van der Waals surface area contributed by atoms with Crippen molar-refractivity contribution >= 4 is 34.5 Å². The minimum atomic E-state index is -0.0590. The van der Waals surface area contributed by atoms with E-state index in [2.05, 4.69) is 5.32 Å². The van der Waals surface area contributed by atoms with Crippen LogP contribution in [0, 0.1) is 0 Å². The van der Waals surface area contributed by atoms with Crippen LogP contribution in [0.2, 0.25) is 4.34 Å². The lowest BCUT2D eigenvalue weighted by Crippen LogP contribution is -2.27. The summed E-state index contributed by atoms with van der Waals surface area (Å²) >= 11 is 7.42. The van der Waals surface area contributed by atoms with Gasteiger partial charge >= 0.3 is 0 Å². The Morgan fingerprint density at radius 1 is 1.50 bits per heavy atom. The summed E-state index contributed by atoms with van der Waals surface area (Å²) in [6, 6.07) is 6.06. The quantitative estimate of drug-likeness (QED) is 0.891. The fraction of sp³-hybridized carbons (Fsp3) is 0.357. The number of halogens is 1. The number of nitrogens with one attached hydrogen (secondary N) is 1. The van der Waals surface area contributed by atoms with Crippen LogP contribution in [0.5, 0.6) is 0 Å². The number of amides is 1. The summed E-state index contributed by atoms with van der Waals surface area (Å²) in [5, 5.41) is 2.94. The third kappa shape index (κ3) is 2.99. The van der Waals surface area contributed by atoms with Gasteiger partial charge < -0.3 is 15.6 Å². The lowest BCUT2D eigenvalue weighted by atomic mass is 10.3. The normalized spacial score (nSPS) is 14.4. The Balaban J connectivity index is 1.59. The van der Waals surface area contributed by atoms with Crippen molar-refractivity contribution in [3.8, 4) is 0 Å². The standard InChI is InChI=1S/C14H16ClN3OS/c15-13-4-3-11(20-13)5-6-17-14(19)12-7-9(16)8-18(12)10-1-2-10/h3-4,7-8,10H,1-2,5-6,16H2,(H,17,19). The van der Waals surface area contributed by atoms with Crippen LogP contribution >= 0.6 is 22.9 Å². The van der Waals surface area contributed by atoms with Crippen molar-refractivity contribution in [1.29, 1.82) is 0 Å². The molecule has 0 spiro atoms. The average molecular weight is 310 g/mol. The second kappa shape index (κ2) is 5.50. The predicted molar refractivity (Wildman–Crippen MR) is 82.5 cm³/mol. The molecule has 1 aliphatic carbocycles. The molecule has 106 valence electrons. The molecular formula is C14H16ClN3OS. The maximum Gasteiger partial charge on any atom is 0.268 e. The van der Waals surface area contributed by atoms with Crippen LogP contribution in [0.15, 0.2) is 24.4 Å². The number of hydrogen-bond acceptors (Lipinski definition) is 3. The number of aromatic nitrogens is 1. The highest BCUT2D eigenvalue weighted by molar-refractivity contribution is 7.16. The summed E-state index contributed by atoms with van der Waals surface area (Å²) in [5.74, 6) is -0.0590. The molecule has 1 saturated carbocycles. The topological polar surface area (TPSA) is 60.1 Å². The van der Waals surface area contributed by atoms with E-state index >= 15 is 0 Å². The molecule has 2 heterocycles. The van der Waals surface area contributed by atoms with Gasteiger partial charge in [-0.25, -0.2) is 0 Å². The number of nitrogens with zero attached hydrogens (tertiary/aromatic N) is 1. The molecule has 2 aromatic heterocycles. The largest absolute Gasteiger partial charge is 0.397 e. The van der Waals surface area contributed by atoms with Gasteiger partial charge in [0.05, 0.1) is 10.0 Å². The molecule has 0 radical (unpaired) electrons. The van der Waals surface area contributed by atoms with Crippen LogP contribution in [0.1, 0.15) is 34.2 Å². The summed E-state index contributed by atoms with van der Waals surface area (Å²) < 4.78 is 2.77. The van der Waals surface area contributed by atoms with Crippen LogP contribution in [0.25, 0.3) is 0 Å². The van der Waals surface area contributed by atoms with Crippen molar-refractivity contribution in [2.24, 2.45) is 0 Å². The van der Waals surface area contributed by atoms with Gasteiger partial charge in [-0.15, -0.1) is 11.3 Å². The molecule has 0 atom stereocenters. The molecule has 3 N–H and O–H groups in total. The summed E-state index contributed by atoms with van der Waals surface area (Å²) in [5.41, 5.74) is 7.10. The smallest absolute Gasteiger partial charge is 0.268 e. The Labute approximate surface area is 126 Å². The highest BCUT2D eigenvalue weighted by Crippen LogP contribution is 2.37. The Morgan fingerprint density at radius 3 is 2.95 bits per heavy atom. The first kappa shape index (κ1) is 13.5. The number of hydrogen-bond donors (Lipinski definition) is 2. The number of anilines is 1. The number of thiophene rings is 1. The first-order chi connectivity index (χ1) is 9.63. The van der Waals surface area contributed by atoms with Gasteiger partial charge in [-0.1, -0.05) is 11.6 Å². The minimum absolute atomic E-state index is 0.0590. The Hall–Kier alpha value is -1.46. The maximum absolute atomic E-state index is 12.2. The van der Waals surface area contributed by atoms with E-state index in [4.69, 9.17) is 17.3 Å². The van der Waals surface area contributed by atoms with E-state index in [1.54, 1.807) is 17.4 Å². The predicted octanol–water partition coefficient (Wildman–Crippen LogP) is 3.09. The van der Waals surface area contributed by atoms with Gasteiger partial charge in [0, 0.05) is 23.7 Å². The molecule has 4 nitrogen and oxygen atoms in total. The third-order valence-corrected chi connectivity index (χ3v) is 4.62. The van der Waals surface area contributed by atoms with Gasteiger partial charge in [-0.3, -0.25) is 4.79 Å². The summed E-state index contributed by atoms with van der Waals surface area (Å²) in [7, 11) is 0. The number of carbonyl (C=O) groups excluding carboxylic acids is 1. The zero-order valence-corrected chi connectivity index (χ0v) is 12.5. The molecule has 1 fully saturated rings. The van der Waals surface area contributed by atoms with Crippen molar-refractivity contribution in [1.82, 2.24) is 9.88 Å². The van der Waals surface area contributed by atoms with Gasteiger partial charge in [0.25, 0.3) is 5.91 Å². The van der Waals surface area contributed by atoms with Crippen molar-refractivity contribution in [3.63, 3.8) is 0 Å². The van der Waals surface area contributed by atoms with E-state index in [-0.39, 0.29) is 5.91 Å². The molecular weight excluding hydrogens is 294 g/mol. The SMILES string of the molecule is Nc1cc(C(=O)NCCc2ccc(Cl)s2)n(C2CC2)c1. The lowest BCUT2D eigenvalue weighted by Gasteiger charge is -2.08. The molecule has 0 saturated heterocycles. The van der Waals surface area contributed by atoms with E-state index in [9.17, 15) is 4.79 Å². The van der Waals surface area contributed by atoms with Crippen LogP contribution in [0.3, 0.4) is 0 Å². The van der Waals surface area contributed by atoms with Gasteiger partial charge in [0.1, 0.15) is 5.69 Å². The van der Waals surface area contributed by atoms with Gasteiger partial charge in [-0.05, 0) is 37.5 Å². The summed E-state index contributed by atoms with van der Waals surface area (Å²) in [6.07, 6.45) is 4.90. The zero-order chi connectivity index (χ0) is 14.1. The fourth-order valence-electron chi connectivity index (χ4n) is 2.21. The molecule has 3 rings (SSSR count). The third-order valence-electron chi connectivity index (χ3n) is 3.33. The van der Waals surface area contributed by atoms with Crippen LogP contribution < -0.4 is 11.1 Å². The maximum atomic E-state index is 12.2. The van der Waals surface area contributed by atoms with Crippen molar-refractivity contribution in [3.05, 3.63) is 39.3 Å². The van der Waals surface area contributed by atoms with Gasteiger partial charge in [-0.2, -0.15) is 0 Å². The fourth-order valence-corrected chi connectivity index (χ4v) is 3.30. The van der Waals surface area contributed by atoms with E-state index in [0.717, 1.165) is 23.6 Å². The molecule has 0 aromatic carbocycles. The van der Waals surface area contributed by atoms with Crippen LogP contribution in [0.4, 0.5) is 5.69 Å². The van der Waals surface area contributed by atoms with E-state index in [1.807, 2.05) is 22.9 Å². The Bertz CT molecular complexity index is 630. The van der Waals surface area contributed by atoms with Gasteiger partial charge in [0.2, 0.25) is 0 Å². The highest BCUT2D eigenvalue weighted by Gasteiger charge is 2.27. The first-order valence-corrected chi connectivity index (χ1v) is 7.82. The van der Waals surface area contributed by atoms with Crippen LogP contribution in [-0.4, -0.2) is 17.0 Å². The molecule has 0 aliphatic heterocycles. The molecule has 6 heteroatoms. The second-order valence-electron chi connectivity index (χ2n) is 5.01. The van der Waals surface area contributed by atoms with E-state index < -0.39 is 0 Å². The first-order valence-electron chi connectivity index (χ1n) is 6.63. The van der Waals surface area contributed by atoms with Crippen molar-refractivity contribution in [2.45, 2.75) is 25.3 Å². The van der Waals surface area contributed by atoms with Crippen LogP contribution in [-0.2, 0) is 6.42 Å². The molecule has 20 heavy (non-hydrogen) atoms. The zero-order valence-electron chi connectivity index (χ0n) is 10.9. The summed E-state index contributed by atoms with van der Waals surface area (Å²) in [6.45, 7) is 0.603. The molecule has 0 unspecified atom stereocenters. The van der Waals surface area contributed by atoms with Crippen molar-refractivity contribution in [2.75, 3.05) is 12.3 Å². The van der Waals surface area contributed by atoms with Gasteiger partial charge in [0.15, 0.2) is 0 Å². The Morgan fingerprint density at radius 2 is 2.30 bits per heavy atom. The van der Waals surface area contributed by atoms with E-state index in [0.29, 0.717) is 24.0 Å². The average Bonchev–Trinajstić information content (AvgIpc) is 3.06. The molecule has 1 amide bonds. The van der Waals surface area contributed by atoms with E-state index in [1.165, 1.54) is 4.88 Å².